The lowest BCUT2D eigenvalue weighted by atomic mass is 10.1. The molecule has 1 aromatic carbocycles. The molecule has 11 heteroatoms. The maximum absolute atomic E-state index is 12.5. The van der Waals surface area contributed by atoms with Crippen LogP contribution in [0.2, 0.25) is 5.15 Å². The fraction of sp³-hybridized carbons (Fsp3) is 0.286. The number of sulfonamides is 1. The largest absolute Gasteiger partial charge is 0.476 e. The van der Waals surface area contributed by atoms with Crippen LogP contribution in [0.25, 0.3) is 0 Å². The molecule has 132 valence electrons. The van der Waals surface area contributed by atoms with Gasteiger partial charge in [0, 0.05) is 31.1 Å². The van der Waals surface area contributed by atoms with Crippen molar-refractivity contribution in [2.45, 2.75) is 4.90 Å². The Bertz CT molecular complexity index is 902. The summed E-state index contributed by atoms with van der Waals surface area (Å²) in [5.74, 6) is 0.266. The van der Waals surface area contributed by atoms with Gasteiger partial charge in [0.2, 0.25) is 15.9 Å². The molecular formula is C14H13ClN4O5S. The normalized spacial score (nSPS) is 15.6. The van der Waals surface area contributed by atoms with E-state index in [4.69, 9.17) is 16.3 Å². The van der Waals surface area contributed by atoms with Gasteiger partial charge in [-0.15, -0.1) is 0 Å². The fourth-order valence-electron chi connectivity index (χ4n) is 2.33. The van der Waals surface area contributed by atoms with Gasteiger partial charge in [0.1, 0.15) is 0 Å². The predicted molar refractivity (Wildman–Crippen MR) is 87.9 cm³/mol. The third kappa shape index (κ3) is 3.86. The second-order valence-corrected chi connectivity index (χ2v) is 7.76. The number of benzene rings is 1. The lowest BCUT2D eigenvalue weighted by molar-refractivity contribution is -0.385. The molecular weight excluding hydrogens is 372 g/mol. The zero-order valence-corrected chi connectivity index (χ0v) is 14.4. The number of nitro benzene ring substituents is 1. The Morgan fingerprint density at radius 3 is 2.80 bits per heavy atom. The van der Waals surface area contributed by atoms with Gasteiger partial charge in [-0.25, -0.2) is 8.42 Å². The molecule has 1 aliphatic rings. The van der Waals surface area contributed by atoms with Crippen LogP contribution in [0.1, 0.15) is 0 Å². The van der Waals surface area contributed by atoms with E-state index in [1.54, 1.807) is 0 Å². The summed E-state index contributed by atoms with van der Waals surface area (Å²) in [4.78, 5) is 17.8. The molecule has 3 rings (SSSR count). The van der Waals surface area contributed by atoms with Gasteiger partial charge < -0.3 is 4.74 Å². The minimum absolute atomic E-state index is 0.00532. The van der Waals surface area contributed by atoms with Gasteiger partial charge in [-0.05, 0) is 6.07 Å². The third-order valence-electron chi connectivity index (χ3n) is 3.64. The van der Waals surface area contributed by atoms with Crippen molar-refractivity contribution in [1.29, 1.82) is 0 Å². The Labute approximate surface area is 148 Å². The smallest absolute Gasteiger partial charge is 0.270 e. The average molecular weight is 385 g/mol. The molecule has 9 nitrogen and oxygen atoms in total. The number of hydrogen-bond acceptors (Lipinski definition) is 7. The molecule has 0 saturated carbocycles. The second-order valence-electron chi connectivity index (χ2n) is 5.43. The average Bonchev–Trinajstić information content (AvgIpc) is 2.53. The van der Waals surface area contributed by atoms with Crippen molar-refractivity contribution in [2.75, 3.05) is 19.7 Å². The van der Waals surface area contributed by atoms with Gasteiger partial charge >= 0.3 is 0 Å². The molecule has 0 radical (unpaired) electrons. The Hall–Kier alpha value is -2.30. The van der Waals surface area contributed by atoms with Crippen LogP contribution in [0.3, 0.4) is 0 Å². The molecule has 0 spiro atoms. The molecule has 0 amide bonds. The molecule has 25 heavy (non-hydrogen) atoms. The Kier molecular flexibility index (Phi) is 4.84. The summed E-state index contributed by atoms with van der Waals surface area (Å²) in [6.07, 6.45) is 2.80. The number of ether oxygens (including phenoxy) is 1. The van der Waals surface area contributed by atoms with E-state index in [-0.39, 0.29) is 47.2 Å². The van der Waals surface area contributed by atoms with Crippen LogP contribution in [-0.4, -0.2) is 47.3 Å². The van der Waals surface area contributed by atoms with E-state index in [9.17, 15) is 18.5 Å². The minimum atomic E-state index is -3.76. The van der Waals surface area contributed by atoms with E-state index in [2.05, 4.69) is 9.97 Å². The zero-order valence-electron chi connectivity index (χ0n) is 12.8. The van der Waals surface area contributed by atoms with E-state index in [1.807, 2.05) is 0 Å². The number of hydrogen-bond donors (Lipinski definition) is 0. The molecule has 2 heterocycles. The fourth-order valence-corrected chi connectivity index (χ4v) is 4.10. The summed E-state index contributed by atoms with van der Waals surface area (Å²) in [5, 5.41) is 11.0. The minimum Gasteiger partial charge on any atom is -0.476 e. The molecule has 1 fully saturated rings. The summed E-state index contributed by atoms with van der Waals surface area (Å²) >= 11 is 5.70. The van der Waals surface area contributed by atoms with Crippen molar-refractivity contribution in [3.63, 3.8) is 0 Å². The third-order valence-corrected chi connectivity index (χ3v) is 5.65. The summed E-state index contributed by atoms with van der Waals surface area (Å²) in [7, 11) is -3.76. The highest BCUT2D eigenvalue weighted by Crippen LogP contribution is 2.27. The summed E-state index contributed by atoms with van der Waals surface area (Å²) in [5.41, 5.74) is -0.263. The van der Waals surface area contributed by atoms with Gasteiger partial charge in [-0.1, -0.05) is 17.7 Å². The van der Waals surface area contributed by atoms with E-state index < -0.39 is 14.9 Å². The maximum atomic E-state index is 12.5. The van der Waals surface area contributed by atoms with Crippen molar-refractivity contribution < 1.29 is 18.1 Å². The Morgan fingerprint density at radius 1 is 1.36 bits per heavy atom. The molecule has 0 unspecified atom stereocenters. The van der Waals surface area contributed by atoms with Crippen LogP contribution < -0.4 is 4.74 Å². The highest BCUT2D eigenvalue weighted by atomic mass is 35.5. The first-order chi connectivity index (χ1) is 11.9. The summed E-state index contributed by atoms with van der Waals surface area (Å²) in [6.45, 7) is 0.800. The van der Waals surface area contributed by atoms with Crippen LogP contribution in [0.4, 0.5) is 5.69 Å². The molecule has 1 saturated heterocycles. The highest BCUT2D eigenvalue weighted by molar-refractivity contribution is 7.89. The quantitative estimate of drug-likeness (QED) is 0.550. The first-order valence-electron chi connectivity index (χ1n) is 7.21. The van der Waals surface area contributed by atoms with Gasteiger partial charge in [-0.3, -0.25) is 15.1 Å². The van der Waals surface area contributed by atoms with Gasteiger partial charge in [0.05, 0.1) is 28.8 Å². The SMILES string of the molecule is O=[N+]([O-])c1cccc(S(=O)(=O)N2CC(COc3cncc(Cl)n3)C2)c1. The number of nitro groups is 1. The second kappa shape index (κ2) is 6.90. The molecule has 0 atom stereocenters. The lowest BCUT2D eigenvalue weighted by Crippen LogP contribution is -2.51. The molecule has 0 N–H and O–H groups in total. The predicted octanol–water partition coefficient (Wildman–Crippen LogP) is 1.74. The van der Waals surface area contributed by atoms with Crippen LogP contribution in [0.15, 0.2) is 41.6 Å². The van der Waals surface area contributed by atoms with E-state index in [0.717, 1.165) is 6.07 Å². The topological polar surface area (TPSA) is 116 Å². The van der Waals surface area contributed by atoms with Crippen molar-refractivity contribution in [3.8, 4) is 5.88 Å². The van der Waals surface area contributed by atoms with Crippen molar-refractivity contribution in [2.24, 2.45) is 5.92 Å². The van der Waals surface area contributed by atoms with E-state index in [1.165, 1.54) is 34.9 Å². The van der Waals surface area contributed by atoms with Gasteiger partial charge in [0.25, 0.3) is 5.69 Å². The van der Waals surface area contributed by atoms with Crippen LogP contribution in [0.5, 0.6) is 5.88 Å². The van der Waals surface area contributed by atoms with Crippen molar-refractivity contribution >= 4 is 27.3 Å². The van der Waals surface area contributed by atoms with E-state index in [0.29, 0.717) is 0 Å². The van der Waals surface area contributed by atoms with Gasteiger partial charge in [-0.2, -0.15) is 9.29 Å². The molecule has 1 aromatic heterocycles. The number of nitrogens with zero attached hydrogens (tertiary/aromatic N) is 4. The van der Waals surface area contributed by atoms with Crippen molar-refractivity contribution in [1.82, 2.24) is 14.3 Å². The molecule has 0 bridgehead atoms. The van der Waals surface area contributed by atoms with E-state index >= 15 is 0 Å². The zero-order chi connectivity index (χ0) is 18.0. The first-order valence-corrected chi connectivity index (χ1v) is 9.03. The Morgan fingerprint density at radius 2 is 2.12 bits per heavy atom. The first kappa shape index (κ1) is 17.5. The maximum Gasteiger partial charge on any atom is 0.270 e. The van der Waals surface area contributed by atoms with Crippen LogP contribution in [0, 0.1) is 16.0 Å². The number of rotatable bonds is 6. The number of aromatic nitrogens is 2. The molecule has 1 aliphatic heterocycles. The summed E-state index contributed by atoms with van der Waals surface area (Å²) < 4.78 is 31.6. The standard InChI is InChI=1S/C14H13ClN4O5S/c15-13-5-16-6-14(17-13)24-9-10-7-18(8-10)25(22,23)12-3-1-2-11(4-12)19(20)21/h1-6,10H,7-9H2. The number of non-ortho nitro benzene ring substituents is 1. The molecule has 2 aromatic rings. The molecule has 0 aliphatic carbocycles. The van der Waals surface area contributed by atoms with Gasteiger partial charge in [0.15, 0.2) is 5.15 Å². The van der Waals surface area contributed by atoms with Crippen LogP contribution >= 0.6 is 11.6 Å². The Balaban J connectivity index is 1.59. The number of halogens is 1. The monoisotopic (exact) mass is 384 g/mol. The highest BCUT2D eigenvalue weighted by Gasteiger charge is 2.37. The summed E-state index contributed by atoms with van der Waals surface area (Å²) in [6, 6.07) is 5.00. The van der Waals surface area contributed by atoms with Crippen LogP contribution in [-0.2, 0) is 10.0 Å². The lowest BCUT2D eigenvalue weighted by Gasteiger charge is -2.37. The van der Waals surface area contributed by atoms with Crippen molar-refractivity contribution in [3.05, 3.63) is 51.9 Å².